The minimum atomic E-state index is -0.160. The summed E-state index contributed by atoms with van der Waals surface area (Å²) >= 11 is 0. The second kappa shape index (κ2) is 4.73. The van der Waals surface area contributed by atoms with Crippen LogP contribution in [-0.4, -0.2) is 30.6 Å². The van der Waals surface area contributed by atoms with E-state index < -0.39 is 0 Å². The van der Waals surface area contributed by atoms with Crippen molar-refractivity contribution in [1.82, 2.24) is 10.2 Å². The molecule has 0 radical (unpaired) electrons. The summed E-state index contributed by atoms with van der Waals surface area (Å²) in [6.07, 6.45) is 0. The van der Waals surface area contributed by atoms with Crippen molar-refractivity contribution in [3.8, 4) is 0 Å². The molecule has 2 nitrogen and oxygen atoms in total. The Kier molecular flexibility index (Phi) is 3.34. The van der Waals surface area contributed by atoms with Crippen LogP contribution in [0.3, 0.4) is 0 Å². The van der Waals surface area contributed by atoms with Gasteiger partial charge in [-0.3, -0.25) is 4.90 Å². The fourth-order valence-electron chi connectivity index (χ4n) is 1.94. The summed E-state index contributed by atoms with van der Waals surface area (Å²) in [5.74, 6) is -0.160. The number of piperazine rings is 1. The van der Waals surface area contributed by atoms with E-state index in [1.807, 2.05) is 12.1 Å². The van der Waals surface area contributed by atoms with Crippen LogP contribution < -0.4 is 5.32 Å². The van der Waals surface area contributed by atoms with E-state index in [2.05, 4.69) is 17.1 Å². The van der Waals surface area contributed by atoms with Crippen LogP contribution in [0.25, 0.3) is 0 Å². The van der Waals surface area contributed by atoms with Crippen LogP contribution in [0.1, 0.15) is 12.5 Å². The number of hydrogen-bond donors (Lipinski definition) is 1. The molecule has 1 N–H and O–H groups in total. The second-order valence-electron chi connectivity index (χ2n) is 4.15. The average Bonchev–Trinajstić information content (AvgIpc) is 2.25. The summed E-state index contributed by atoms with van der Waals surface area (Å²) in [7, 11) is 0. The zero-order chi connectivity index (χ0) is 10.7. The fraction of sp³-hybridized carbons (Fsp3) is 0.500. The van der Waals surface area contributed by atoms with Crippen molar-refractivity contribution in [3.63, 3.8) is 0 Å². The van der Waals surface area contributed by atoms with E-state index in [-0.39, 0.29) is 5.82 Å². The Hall–Kier alpha value is -0.930. The zero-order valence-corrected chi connectivity index (χ0v) is 9.04. The maximum absolute atomic E-state index is 12.7. The van der Waals surface area contributed by atoms with Crippen molar-refractivity contribution >= 4 is 0 Å². The van der Waals surface area contributed by atoms with E-state index in [0.29, 0.717) is 6.04 Å². The molecule has 2 rings (SSSR count). The maximum atomic E-state index is 12.7. The molecule has 82 valence electrons. The van der Waals surface area contributed by atoms with Gasteiger partial charge in [-0.05, 0) is 24.6 Å². The van der Waals surface area contributed by atoms with Crippen LogP contribution in [0.5, 0.6) is 0 Å². The Bertz CT molecular complexity index is 310. The van der Waals surface area contributed by atoms with Gasteiger partial charge in [0.1, 0.15) is 5.82 Å². The standard InChI is InChI=1S/C12H17FN2/c1-10-8-14-6-7-15(10)9-11-2-4-12(13)5-3-11/h2-5,10,14H,6-9H2,1H3/t10-/m0/s1. The lowest BCUT2D eigenvalue weighted by atomic mass is 10.1. The quantitative estimate of drug-likeness (QED) is 0.794. The molecule has 0 spiro atoms. The third-order valence-corrected chi connectivity index (χ3v) is 2.94. The van der Waals surface area contributed by atoms with E-state index in [9.17, 15) is 4.39 Å². The van der Waals surface area contributed by atoms with Crippen molar-refractivity contribution in [2.24, 2.45) is 0 Å². The molecule has 1 fully saturated rings. The predicted molar refractivity (Wildman–Crippen MR) is 59.1 cm³/mol. The Balaban J connectivity index is 1.98. The molecule has 0 amide bonds. The lowest BCUT2D eigenvalue weighted by molar-refractivity contribution is 0.165. The largest absolute Gasteiger partial charge is 0.314 e. The topological polar surface area (TPSA) is 15.3 Å². The molecule has 3 heteroatoms. The van der Waals surface area contributed by atoms with E-state index in [0.717, 1.165) is 26.2 Å². The van der Waals surface area contributed by atoms with Gasteiger partial charge in [-0.1, -0.05) is 12.1 Å². The highest BCUT2D eigenvalue weighted by molar-refractivity contribution is 5.16. The van der Waals surface area contributed by atoms with E-state index in [4.69, 9.17) is 0 Å². The Labute approximate surface area is 90.1 Å². The highest BCUT2D eigenvalue weighted by Crippen LogP contribution is 2.10. The van der Waals surface area contributed by atoms with Gasteiger partial charge < -0.3 is 5.32 Å². The van der Waals surface area contributed by atoms with Crippen LogP contribution in [0.2, 0.25) is 0 Å². The van der Waals surface area contributed by atoms with Crippen LogP contribution >= 0.6 is 0 Å². The minimum Gasteiger partial charge on any atom is -0.314 e. The second-order valence-corrected chi connectivity index (χ2v) is 4.15. The smallest absolute Gasteiger partial charge is 0.123 e. The molecule has 0 aromatic heterocycles. The molecular formula is C12H17FN2. The first-order chi connectivity index (χ1) is 7.25. The molecule has 0 saturated carbocycles. The van der Waals surface area contributed by atoms with Gasteiger partial charge >= 0.3 is 0 Å². The minimum absolute atomic E-state index is 0.160. The van der Waals surface area contributed by atoms with E-state index in [1.165, 1.54) is 17.7 Å². The maximum Gasteiger partial charge on any atom is 0.123 e. The normalized spacial score (nSPS) is 22.9. The van der Waals surface area contributed by atoms with Crippen LogP contribution in [-0.2, 0) is 6.54 Å². The van der Waals surface area contributed by atoms with Crippen molar-refractivity contribution < 1.29 is 4.39 Å². The van der Waals surface area contributed by atoms with Crippen LogP contribution in [0.4, 0.5) is 4.39 Å². The monoisotopic (exact) mass is 208 g/mol. The number of hydrogen-bond acceptors (Lipinski definition) is 2. The highest BCUT2D eigenvalue weighted by Gasteiger charge is 2.17. The average molecular weight is 208 g/mol. The van der Waals surface area contributed by atoms with Gasteiger partial charge in [0.15, 0.2) is 0 Å². The molecule has 0 bridgehead atoms. The lowest BCUT2D eigenvalue weighted by Gasteiger charge is -2.33. The van der Waals surface area contributed by atoms with Gasteiger partial charge in [0.25, 0.3) is 0 Å². The van der Waals surface area contributed by atoms with Gasteiger partial charge in [0.2, 0.25) is 0 Å². The molecule has 1 atom stereocenters. The number of rotatable bonds is 2. The number of benzene rings is 1. The summed E-state index contributed by atoms with van der Waals surface area (Å²) in [5.41, 5.74) is 1.19. The van der Waals surface area contributed by atoms with E-state index >= 15 is 0 Å². The van der Waals surface area contributed by atoms with Crippen LogP contribution in [0.15, 0.2) is 24.3 Å². The Morgan fingerprint density at radius 1 is 1.40 bits per heavy atom. The zero-order valence-electron chi connectivity index (χ0n) is 9.04. The first-order valence-electron chi connectivity index (χ1n) is 5.45. The SMILES string of the molecule is C[C@H]1CNCCN1Cc1ccc(F)cc1. The summed E-state index contributed by atoms with van der Waals surface area (Å²) in [6, 6.07) is 7.35. The van der Waals surface area contributed by atoms with Crippen molar-refractivity contribution in [3.05, 3.63) is 35.6 Å². The lowest BCUT2D eigenvalue weighted by Crippen LogP contribution is -2.49. The van der Waals surface area contributed by atoms with Gasteiger partial charge in [-0.15, -0.1) is 0 Å². The molecule has 1 aliphatic heterocycles. The molecule has 1 saturated heterocycles. The third kappa shape index (κ3) is 2.76. The van der Waals surface area contributed by atoms with Gasteiger partial charge in [-0.2, -0.15) is 0 Å². The third-order valence-electron chi connectivity index (χ3n) is 2.94. The van der Waals surface area contributed by atoms with Gasteiger partial charge in [-0.25, -0.2) is 4.39 Å². The summed E-state index contributed by atoms with van der Waals surface area (Å²) in [6.45, 7) is 6.30. The molecule has 1 aliphatic rings. The van der Waals surface area contributed by atoms with Gasteiger partial charge in [0, 0.05) is 32.2 Å². The molecule has 15 heavy (non-hydrogen) atoms. The Morgan fingerprint density at radius 3 is 2.80 bits per heavy atom. The van der Waals surface area contributed by atoms with Gasteiger partial charge in [0.05, 0.1) is 0 Å². The molecule has 1 heterocycles. The molecule has 1 aromatic carbocycles. The van der Waals surface area contributed by atoms with Crippen LogP contribution in [0, 0.1) is 5.82 Å². The number of nitrogens with one attached hydrogen (secondary N) is 1. The highest BCUT2D eigenvalue weighted by atomic mass is 19.1. The molecule has 0 aliphatic carbocycles. The van der Waals surface area contributed by atoms with Crippen molar-refractivity contribution in [2.75, 3.05) is 19.6 Å². The molecular weight excluding hydrogens is 191 g/mol. The summed E-state index contributed by atoms with van der Waals surface area (Å²) in [4.78, 5) is 2.42. The molecule has 1 aromatic rings. The summed E-state index contributed by atoms with van der Waals surface area (Å²) in [5, 5.41) is 3.36. The van der Waals surface area contributed by atoms with Crippen molar-refractivity contribution in [2.45, 2.75) is 19.5 Å². The fourth-order valence-corrected chi connectivity index (χ4v) is 1.94. The number of nitrogens with zero attached hydrogens (tertiary/aromatic N) is 1. The first-order valence-corrected chi connectivity index (χ1v) is 5.45. The summed E-state index contributed by atoms with van der Waals surface area (Å²) < 4.78 is 12.7. The van der Waals surface area contributed by atoms with E-state index in [1.54, 1.807) is 0 Å². The number of halogens is 1. The molecule has 0 unspecified atom stereocenters. The van der Waals surface area contributed by atoms with Crippen molar-refractivity contribution in [1.29, 1.82) is 0 Å². The first kappa shape index (κ1) is 10.6. The predicted octanol–water partition coefficient (Wildman–Crippen LogP) is 1.62. The Morgan fingerprint density at radius 2 is 2.13 bits per heavy atom.